The minimum absolute atomic E-state index is 0.0165. The van der Waals surface area contributed by atoms with Crippen molar-refractivity contribution in [2.45, 2.75) is 11.1 Å². The summed E-state index contributed by atoms with van der Waals surface area (Å²) in [6.45, 7) is 0.220. The molecule has 0 bridgehead atoms. The van der Waals surface area contributed by atoms with Crippen molar-refractivity contribution in [1.82, 2.24) is 4.31 Å². The third-order valence-corrected chi connectivity index (χ3v) is 6.64. The molecule has 0 saturated carbocycles. The largest absolute Gasteiger partial charge is 0.416 e. The third-order valence-electron chi connectivity index (χ3n) is 4.51. The van der Waals surface area contributed by atoms with Gasteiger partial charge in [-0.05, 0) is 30.3 Å². The lowest BCUT2D eigenvalue weighted by atomic mass is 10.1. The minimum atomic E-state index is -4.70. The number of hydrogen-bond donors (Lipinski definition) is 0. The van der Waals surface area contributed by atoms with Crippen molar-refractivity contribution < 1.29 is 26.5 Å². The number of alkyl halides is 3. The number of piperazine rings is 1. The quantitative estimate of drug-likeness (QED) is 0.524. The topological polar surface area (TPSA) is 83.8 Å². The second-order valence-corrected chi connectivity index (χ2v) is 8.68. The van der Waals surface area contributed by atoms with Gasteiger partial charge in [-0.1, -0.05) is 17.7 Å². The molecule has 12 heteroatoms. The summed E-state index contributed by atoms with van der Waals surface area (Å²) in [5.74, 6) is 0. The highest BCUT2D eigenvalue weighted by Crippen LogP contribution is 2.37. The van der Waals surface area contributed by atoms with E-state index in [1.165, 1.54) is 27.4 Å². The van der Waals surface area contributed by atoms with Gasteiger partial charge in [0.25, 0.3) is 5.69 Å². The van der Waals surface area contributed by atoms with Crippen LogP contribution in [0.4, 0.5) is 24.5 Å². The number of nitrogens with zero attached hydrogens (tertiary/aromatic N) is 3. The molecule has 0 atom stereocenters. The Hall–Kier alpha value is -2.37. The fourth-order valence-electron chi connectivity index (χ4n) is 3.06. The Morgan fingerprint density at radius 3 is 2.24 bits per heavy atom. The van der Waals surface area contributed by atoms with Crippen molar-refractivity contribution in [2.75, 3.05) is 31.1 Å². The van der Waals surface area contributed by atoms with Crippen LogP contribution >= 0.6 is 11.6 Å². The molecule has 0 unspecified atom stereocenters. The smallest absolute Gasteiger partial charge is 0.363 e. The van der Waals surface area contributed by atoms with Gasteiger partial charge in [-0.2, -0.15) is 17.5 Å². The number of halogens is 4. The zero-order valence-electron chi connectivity index (χ0n) is 14.8. The van der Waals surface area contributed by atoms with Crippen LogP contribution < -0.4 is 4.90 Å². The maximum Gasteiger partial charge on any atom is 0.416 e. The van der Waals surface area contributed by atoms with Crippen LogP contribution in [0.2, 0.25) is 5.02 Å². The molecule has 1 aliphatic rings. The fourth-order valence-corrected chi connectivity index (χ4v) is 4.78. The monoisotopic (exact) mass is 449 g/mol. The van der Waals surface area contributed by atoms with Crippen LogP contribution in [0.1, 0.15) is 5.56 Å². The molecule has 1 fully saturated rings. The summed E-state index contributed by atoms with van der Waals surface area (Å²) in [5, 5.41) is 11.5. The summed E-state index contributed by atoms with van der Waals surface area (Å²) in [4.78, 5) is 11.9. The number of nitro benzene ring substituents is 1. The van der Waals surface area contributed by atoms with Crippen molar-refractivity contribution in [2.24, 2.45) is 0 Å². The van der Waals surface area contributed by atoms with Gasteiger partial charge in [0.2, 0.25) is 10.0 Å². The molecule has 29 heavy (non-hydrogen) atoms. The number of rotatable bonds is 4. The molecule has 3 rings (SSSR count). The van der Waals surface area contributed by atoms with E-state index in [9.17, 15) is 31.7 Å². The molecular formula is C17H15ClF3N3O4S. The van der Waals surface area contributed by atoms with Crippen LogP contribution in [-0.4, -0.2) is 43.8 Å². The Balaban J connectivity index is 1.81. The molecular weight excluding hydrogens is 435 g/mol. The molecule has 0 aliphatic carbocycles. The van der Waals surface area contributed by atoms with Crippen molar-refractivity contribution in [1.29, 1.82) is 0 Å². The van der Waals surface area contributed by atoms with Gasteiger partial charge in [-0.3, -0.25) is 10.1 Å². The fraction of sp³-hybridized carbons (Fsp3) is 0.294. The van der Waals surface area contributed by atoms with Gasteiger partial charge in [-0.25, -0.2) is 8.42 Å². The molecule has 156 valence electrons. The third kappa shape index (κ3) is 4.46. The summed E-state index contributed by atoms with van der Waals surface area (Å²) in [6, 6.07) is 8.10. The first-order valence-corrected chi connectivity index (χ1v) is 10.2. The standard InChI is InChI=1S/C17H15ClF3N3O4S/c18-13-2-1-3-14(11-13)29(27,28)23-8-6-22(7-9-23)15-5-4-12(17(19,20)21)10-16(15)24(25)26/h1-5,10-11H,6-9H2. The molecule has 0 spiro atoms. The molecule has 0 radical (unpaired) electrons. The average Bonchev–Trinajstić information content (AvgIpc) is 2.67. The van der Waals surface area contributed by atoms with E-state index >= 15 is 0 Å². The van der Waals surface area contributed by atoms with Gasteiger partial charge in [0.15, 0.2) is 0 Å². The molecule has 2 aromatic rings. The van der Waals surface area contributed by atoms with Gasteiger partial charge in [0, 0.05) is 37.3 Å². The van der Waals surface area contributed by atoms with E-state index in [-0.39, 0.29) is 41.8 Å². The summed E-state index contributed by atoms with van der Waals surface area (Å²) >= 11 is 5.85. The van der Waals surface area contributed by atoms with Crippen LogP contribution in [0.25, 0.3) is 0 Å². The molecule has 1 aliphatic heterocycles. The highest BCUT2D eigenvalue weighted by molar-refractivity contribution is 7.89. The molecule has 1 heterocycles. The van der Waals surface area contributed by atoms with Crippen LogP contribution in [0.15, 0.2) is 47.4 Å². The highest BCUT2D eigenvalue weighted by Gasteiger charge is 2.35. The second-order valence-electron chi connectivity index (χ2n) is 6.31. The normalized spacial score (nSPS) is 16.1. The van der Waals surface area contributed by atoms with Gasteiger partial charge in [-0.15, -0.1) is 0 Å². The first-order chi connectivity index (χ1) is 13.5. The molecule has 1 saturated heterocycles. The predicted octanol–water partition coefficient (Wildman–Crippen LogP) is 3.78. The SMILES string of the molecule is O=[N+]([O-])c1cc(C(F)(F)F)ccc1N1CCN(S(=O)(=O)c2cccc(Cl)c2)CC1. The van der Waals surface area contributed by atoms with Crippen molar-refractivity contribution in [3.8, 4) is 0 Å². The van der Waals surface area contributed by atoms with E-state index < -0.39 is 32.4 Å². The highest BCUT2D eigenvalue weighted by atomic mass is 35.5. The number of hydrogen-bond acceptors (Lipinski definition) is 5. The summed E-state index contributed by atoms with van der Waals surface area (Å²) < 4.78 is 65.2. The Bertz CT molecular complexity index is 1040. The van der Waals surface area contributed by atoms with E-state index in [2.05, 4.69) is 0 Å². The Kier molecular flexibility index (Phi) is 5.74. The summed E-state index contributed by atoms with van der Waals surface area (Å²) in [7, 11) is -3.80. The van der Waals surface area contributed by atoms with E-state index in [0.29, 0.717) is 6.07 Å². The molecule has 0 aromatic heterocycles. The van der Waals surface area contributed by atoms with Crippen LogP contribution in [-0.2, 0) is 16.2 Å². The maximum atomic E-state index is 12.9. The van der Waals surface area contributed by atoms with Crippen LogP contribution in [0, 0.1) is 10.1 Å². The molecule has 7 nitrogen and oxygen atoms in total. The van der Waals surface area contributed by atoms with Gasteiger partial charge in [0.05, 0.1) is 15.4 Å². The van der Waals surface area contributed by atoms with E-state index in [1.807, 2.05) is 0 Å². The van der Waals surface area contributed by atoms with E-state index in [0.717, 1.165) is 12.1 Å². The molecule has 0 amide bonds. The van der Waals surface area contributed by atoms with E-state index in [4.69, 9.17) is 11.6 Å². The van der Waals surface area contributed by atoms with Crippen LogP contribution in [0.3, 0.4) is 0 Å². The lowest BCUT2D eigenvalue weighted by Gasteiger charge is -2.35. The number of sulfonamides is 1. The molecule has 0 N–H and O–H groups in total. The first kappa shape index (κ1) is 21.3. The summed E-state index contributed by atoms with van der Waals surface area (Å²) in [5.41, 5.74) is -1.77. The minimum Gasteiger partial charge on any atom is -0.363 e. The van der Waals surface area contributed by atoms with Crippen LogP contribution in [0.5, 0.6) is 0 Å². The van der Waals surface area contributed by atoms with Crippen molar-refractivity contribution in [3.63, 3.8) is 0 Å². The number of anilines is 1. The zero-order valence-corrected chi connectivity index (χ0v) is 16.3. The van der Waals surface area contributed by atoms with Gasteiger partial charge >= 0.3 is 6.18 Å². The number of nitro groups is 1. The van der Waals surface area contributed by atoms with Crippen molar-refractivity contribution in [3.05, 3.63) is 63.2 Å². The first-order valence-electron chi connectivity index (χ1n) is 8.36. The Morgan fingerprint density at radius 1 is 1.03 bits per heavy atom. The van der Waals surface area contributed by atoms with Gasteiger partial charge in [0.1, 0.15) is 5.69 Å². The van der Waals surface area contributed by atoms with Crippen molar-refractivity contribution >= 4 is 33.0 Å². The Labute approximate surface area is 169 Å². The molecule has 2 aromatic carbocycles. The second kappa shape index (κ2) is 7.81. The average molecular weight is 450 g/mol. The zero-order chi connectivity index (χ0) is 21.4. The lowest BCUT2D eigenvalue weighted by Crippen LogP contribution is -2.48. The lowest BCUT2D eigenvalue weighted by molar-refractivity contribution is -0.384. The predicted molar refractivity (Wildman–Crippen MR) is 101 cm³/mol. The van der Waals surface area contributed by atoms with Gasteiger partial charge < -0.3 is 4.90 Å². The van der Waals surface area contributed by atoms with E-state index in [1.54, 1.807) is 6.07 Å². The Morgan fingerprint density at radius 2 is 1.69 bits per heavy atom. The number of benzene rings is 2. The maximum absolute atomic E-state index is 12.9. The summed E-state index contributed by atoms with van der Waals surface area (Å²) in [6.07, 6.45) is -4.70.